The standard InChI is InChI=1S/C15H28O4.K.Li/c1-5-6-7-8-9-10-11-15(12(16)17,13(18)19)14(2,3)4;;/h5-11H2,1-4H3,(H,16,17)(H,18,19);;/q;2*+1/p-2. The van der Waals surface area contributed by atoms with Crippen LogP contribution in [0.4, 0.5) is 0 Å². The Morgan fingerprint density at radius 3 is 1.57 bits per heavy atom. The van der Waals surface area contributed by atoms with Crippen LogP contribution in [-0.2, 0) is 9.59 Å². The minimum atomic E-state index is -1.91. The fourth-order valence-electron chi connectivity index (χ4n) is 2.45. The zero-order chi connectivity index (χ0) is 15.1. The normalized spacial score (nSPS) is 11.2. The molecule has 0 aromatic carbocycles. The van der Waals surface area contributed by atoms with Crippen LogP contribution in [0.2, 0.25) is 0 Å². The van der Waals surface area contributed by atoms with E-state index in [9.17, 15) is 19.8 Å². The van der Waals surface area contributed by atoms with Crippen LogP contribution < -0.4 is 80.5 Å². The zero-order valence-corrected chi connectivity index (χ0v) is 17.7. The number of hydrogen-bond acceptors (Lipinski definition) is 4. The van der Waals surface area contributed by atoms with Crippen LogP contribution in [0.15, 0.2) is 0 Å². The Labute approximate surface area is 183 Å². The van der Waals surface area contributed by atoms with Gasteiger partial charge < -0.3 is 19.8 Å². The molecule has 0 saturated heterocycles. The Morgan fingerprint density at radius 1 is 0.857 bits per heavy atom. The Kier molecular flexibility index (Phi) is 16.2. The maximum Gasteiger partial charge on any atom is 1.00 e. The van der Waals surface area contributed by atoms with Gasteiger partial charge >= 0.3 is 70.2 Å². The third kappa shape index (κ3) is 8.01. The van der Waals surface area contributed by atoms with E-state index in [0.717, 1.165) is 32.1 Å². The number of unbranched alkanes of at least 4 members (excludes halogenated alkanes) is 5. The van der Waals surface area contributed by atoms with E-state index in [2.05, 4.69) is 6.92 Å². The van der Waals surface area contributed by atoms with E-state index in [1.807, 2.05) is 0 Å². The van der Waals surface area contributed by atoms with Crippen molar-refractivity contribution in [2.24, 2.45) is 10.8 Å². The van der Waals surface area contributed by atoms with Crippen molar-refractivity contribution in [1.82, 2.24) is 0 Å². The molecule has 0 aliphatic carbocycles. The zero-order valence-electron chi connectivity index (χ0n) is 14.6. The number of carboxylic acids is 2. The molecule has 0 unspecified atom stereocenters. The smallest absolute Gasteiger partial charge is 0.549 e. The number of hydrogen-bond donors (Lipinski definition) is 0. The molecule has 0 rings (SSSR count). The number of carboxylic acid groups (broad SMARTS) is 2. The van der Waals surface area contributed by atoms with Crippen molar-refractivity contribution in [3.63, 3.8) is 0 Å². The molecule has 0 aromatic heterocycles. The van der Waals surface area contributed by atoms with Crippen LogP contribution in [0.3, 0.4) is 0 Å². The van der Waals surface area contributed by atoms with Crippen LogP contribution in [0.5, 0.6) is 0 Å². The summed E-state index contributed by atoms with van der Waals surface area (Å²) in [6.07, 6.45) is 5.91. The van der Waals surface area contributed by atoms with Crippen molar-refractivity contribution in [2.45, 2.75) is 72.6 Å². The second kappa shape index (κ2) is 12.6. The molecular formula is C15H26KLiO4. The van der Waals surface area contributed by atoms with Gasteiger partial charge in [-0.05, 0) is 11.8 Å². The largest absolute Gasteiger partial charge is 1.00 e. The van der Waals surface area contributed by atoms with Crippen LogP contribution >= 0.6 is 0 Å². The topological polar surface area (TPSA) is 80.3 Å². The molecule has 0 saturated carbocycles. The molecule has 0 bridgehead atoms. The van der Waals surface area contributed by atoms with Crippen molar-refractivity contribution in [3.05, 3.63) is 0 Å². The van der Waals surface area contributed by atoms with Gasteiger partial charge in [-0.25, -0.2) is 0 Å². The first-order chi connectivity index (χ1) is 8.70. The predicted molar refractivity (Wildman–Crippen MR) is 69.9 cm³/mol. The van der Waals surface area contributed by atoms with E-state index in [4.69, 9.17) is 0 Å². The number of carbonyl (C=O) groups excluding carboxylic acids is 2. The summed E-state index contributed by atoms with van der Waals surface area (Å²) in [5.74, 6) is -3.07. The molecule has 0 aliphatic rings. The van der Waals surface area contributed by atoms with Crippen LogP contribution in [0.1, 0.15) is 72.6 Å². The predicted octanol–water partition coefficient (Wildman–Crippen LogP) is -4.72. The average molecular weight is 316 g/mol. The summed E-state index contributed by atoms with van der Waals surface area (Å²) >= 11 is 0. The number of rotatable bonds is 9. The molecule has 0 spiro atoms. The van der Waals surface area contributed by atoms with E-state index in [1.54, 1.807) is 20.8 Å². The summed E-state index contributed by atoms with van der Waals surface area (Å²) < 4.78 is 0. The first-order valence-corrected chi connectivity index (χ1v) is 7.13. The minimum Gasteiger partial charge on any atom is -0.549 e. The molecule has 21 heavy (non-hydrogen) atoms. The van der Waals surface area contributed by atoms with Gasteiger partial charge in [-0.1, -0.05) is 66.2 Å². The monoisotopic (exact) mass is 316 g/mol. The molecule has 0 heterocycles. The summed E-state index contributed by atoms with van der Waals surface area (Å²) in [7, 11) is 0. The Morgan fingerprint density at radius 2 is 1.24 bits per heavy atom. The summed E-state index contributed by atoms with van der Waals surface area (Å²) in [6.45, 7) is 6.94. The molecule has 0 atom stereocenters. The van der Waals surface area contributed by atoms with Gasteiger partial charge in [0.05, 0.1) is 17.4 Å². The van der Waals surface area contributed by atoms with E-state index >= 15 is 0 Å². The van der Waals surface area contributed by atoms with Gasteiger partial charge in [-0.3, -0.25) is 0 Å². The van der Waals surface area contributed by atoms with Gasteiger partial charge in [0.15, 0.2) is 0 Å². The van der Waals surface area contributed by atoms with Gasteiger partial charge in [-0.15, -0.1) is 0 Å². The second-order valence-electron chi connectivity index (χ2n) is 6.25. The maximum absolute atomic E-state index is 11.3. The van der Waals surface area contributed by atoms with E-state index < -0.39 is 22.8 Å². The van der Waals surface area contributed by atoms with Gasteiger partial charge in [0.25, 0.3) is 0 Å². The third-order valence-corrected chi connectivity index (χ3v) is 3.88. The molecule has 0 radical (unpaired) electrons. The molecule has 0 aliphatic heterocycles. The fraction of sp³-hybridized carbons (Fsp3) is 0.867. The summed E-state index contributed by atoms with van der Waals surface area (Å²) in [4.78, 5) is 22.7. The Hall–Kier alpha value is 1.17. The average Bonchev–Trinajstić information content (AvgIpc) is 2.25. The fourth-order valence-corrected chi connectivity index (χ4v) is 2.45. The van der Waals surface area contributed by atoms with Crippen molar-refractivity contribution < 1.29 is 90.0 Å². The Bertz CT molecular complexity index is 299. The maximum atomic E-state index is 11.3. The van der Waals surface area contributed by atoms with Gasteiger partial charge in [-0.2, -0.15) is 0 Å². The molecule has 112 valence electrons. The summed E-state index contributed by atoms with van der Waals surface area (Å²) in [6, 6.07) is 0. The molecular weight excluding hydrogens is 290 g/mol. The van der Waals surface area contributed by atoms with Gasteiger partial charge in [0.1, 0.15) is 0 Å². The first kappa shape index (κ1) is 27.0. The van der Waals surface area contributed by atoms with Crippen LogP contribution in [-0.4, -0.2) is 11.9 Å². The van der Waals surface area contributed by atoms with Crippen molar-refractivity contribution in [3.8, 4) is 0 Å². The minimum absolute atomic E-state index is 0. The van der Waals surface area contributed by atoms with Gasteiger partial charge in [0, 0.05) is 0 Å². The SMILES string of the molecule is CCCCCCCCC(C(=O)[O-])(C(=O)[O-])C(C)(C)C.[K+].[Li+]. The summed E-state index contributed by atoms with van der Waals surface area (Å²) in [5.41, 5.74) is -2.83. The van der Waals surface area contributed by atoms with Crippen molar-refractivity contribution in [2.75, 3.05) is 0 Å². The van der Waals surface area contributed by atoms with E-state index in [-0.39, 0.29) is 76.7 Å². The van der Waals surface area contributed by atoms with Crippen molar-refractivity contribution in [1.29, 1.82) is 0 Å². The van der Waals surface area contributed by atoms with E-state index in [0.29, 0.717) is 6.42 Å². The summed E-state index contributed by atoms with van der Waals surface area (Å²) in [5, 5.41) is 22.7. The van der Waals surface area contributed by atoms with Crippen LogP contribution in [0, 0.1) is 10.8 Å². The molecule has 6 heteroatoms. The van der Waals surface area contributed by atoms with Crippen molar-refractivity contribution >= 4 is 11.9 Å². The van der Waals surface area contributed by atoms with Gasteiger partial charge in [0.2, 0.25) is 0 Å². The second-order valence-corrected chi connectivity index (χ2v) is 6.25. The van der Waals surface area contributed by atoms with E-state index in [1.165, 1.54) is 0 Å². The van der Waals surface area contributed by atoms with Crippen LogP contribution in [0.25, 0.3) is 0 Å². The number of carbonyl (C=O) groups is 2. The molecule has 0 aromatic rings. The molecule has 4 nitrogen and oxygen atoms in total. The Balaban J connectivity index is -0.00000162. The third-order valence-electron chi connectivity index (χ3n) is 3.88. The molecule has 0 amide bonds. The molecule has 0 fully saturated rings. The first-order valence-electron chi connectivity index (χ1n) is 7.13. The quantitative estimate of drug-likeness (QED) is 0.243. The number of aliphatic carboxylic acids is 2. The molecule has 0 N–H and O–H groups in total.